The van der Waals surface area contributed by atoms with Crippen LogP contribution in [0.3, 0.4) is 0 Å². The van der Waals surface area contributed by atoms with Crippen molar-refractivity contribution in [3.8, 4) is 6.07 Å². The van der Waals surface area contributed by atoms with E-state index in [1.165, 1.54) is 4.90 Å². The van der Waals surface area contributed by atoms with E-state index in [2.05, 4.69) is 15.7 Å². The number of hydrogen-bond acceptors (Lipinski definition) is 8. The second-order valence-electron chi connectivity index (χ2n) is 10.8. The predicted molar refractivity (Wildman–Crippen MR) is 157 cm³/mol. The maximum absolute atomic E-state index is 14.1. The Morgan fingerprint density at radius 3 is 2.71 bits per heavy atom. The van der Waals surface area contributed by atoms with Crippen LogP contribution in [0.4, 0.5) is 0 Å². The van der Waals surface area contributed by atoms with Gasteiger partial charge in [-0.25, -0.2) is 13.2 Å². The van der Waals surface area contributed by atoms with Crippen molar-refractivity contribution in [3.63, 3.8) is 0 Å². The number of amides is 1. The van der Waals surface area contributed by atoms with E-state index in [0.717, 1.165) is 29.7 Å². The Hall–Kier alpha value is -3.56. The number of sulfonamides is 1. The molecule has 0 aliphatic carbocycles. The summed E-state index contributed by atoms with van der Waals surface area (Å²) in [6, 6.07) is 11.6. The van der Waals surface area contributed by atoms with Crippen molar-refractivity contribution in [1.82, 2.24) is 14.5 Å². The number of rotatable bonds is 10. The third kappa shape index (κ3) is 7.07. The van der Waals surface area contributed by atoms with Gasteiger partial charge in [0.1, 0.15) is 12.1 Å². The molecule has 0 aromatic heterocycles. The van der Waals surface area contributed by atoms with Crippen LogP contribution in [0.5, 0.6) is 0 Å². The molecular formula is C31H38N4O6S. The van der Waals surface area contributed by atoms with Crippen LogP contribution >= 0.6 is 0 Å². The minimum atomic E-state index is -4.18. The molecule has 2 aliphatic rings. The standard InChI is InChI=1S/C31H38N4O6S/c1-5-41-31(37)28-15-21(2)11-14-35(28)30(36)27(17-22-7-6-8-23(16-22)19-32)33-42(38,39)25-10-9-24-12-13-34(3)29(20-40-4)26(24)18-25/h6-11,16,18,27-29,33H,5,12-15,17,20H2,1-4H3/t27-,28+,29?/m0/s1. The number of ether oxygens (including phenoxy) is 2. The Balaban J connectivity index is 1.70. The van der Waals surface area contributed by atoms with Crippen LogP contribution in [0.2, 0.25) is 0 Å². The number of nitrogens with one attached hydrogen (secondary N) is 1. The Labute approximate surface area is 247 Å². The number of carbonyl (C=O) groups is 2. The molecule has 2 aromatic carbocycles. The Morgan fingerprint density at radius 2 is 2.00 bits per heavy atom. The summed E-state index contributed by atoms with van der Waals surface area (Å²) in [4.78, 5) is 30.5. The third-order valence-corrected chi connectivity index (χ3v) is 9.31. The molecule has 3 atom stereocenters. The normalized spacial score (nSPS) is 19.8. The largest absolute Gasteiger partial charge is 0.464 e. The van der Waals surface area contributed by atoms with Gasteiger partial charge >= 0.3 is 5.97 Å². The number of benzene rings is 2. The van der Waals surface area contributed by atoms with Crippen LogP contribution in [0.1, 0.15) is 48.6 Å². The second kappa shape index (κ2) is 13.6. The van der Waals surface area contributed by atoms with Gasteiger partial charge in [-0.15, -0.1) is 0 Å². The summed E-state index contributed by atoms with van der Waals surface area (Å²) < 4.78 is 41.0. The number of likely N-dealkylation sites (N-methyl/N-ethyl adjacent to an activating group) is 1. The number of fused-ring (bicyclic) bond motifs is 1. The minimum Gasteiger partial charge on any atom is -0.464 e. The van der Waals surface area contributed by atoms with Gasteiger partial charge in [-0.05, 0) is 81.1 Å². The van der Waals surface area contributed by atoms with Gasteiger partial charge in [0.2, 0.25) is 15.9 Å². The highest BCUT2D eigenvalue weighted by Gasteiger charge is 2.38. The molecule has 42 heavy (non-hydrogen) atoms. The van der Waals surface area contributed by atoms with Crippen molar-refractivity contribution in [2.75, 3.05) is 40.5 Å². The molecule has 1 amide bonds. The maximum atomic E-state index is 14.1. The summed E-state index contributed by atoms with van der Waals surface area (Å²) in [5.41, 5.74) is 3.88. The fourth-order valence-corrected chi connectivity index (χ4v) is 6.78. The molecule has 0 fully saturated rings. The van der Waals surface area contributed by atoms with E-state index in [9.17, 15) is 23.3 Å². The van der Waals surface area contributed by atoms with Crippen LogP contribution in [0.25, 0.3) is 0 Å². The summed E-state index contributed by atoms with van der Waals surface area (Å²) >= 11 is 0. The number of hydrogen-bond donors (Lipinski definition) is 1. The Morgan fingerprint density at radius 1 is 1.21 bits per heavy atom. The van der Waals surface area contributed by atoms with E-state index in [1.54, 1.807) is 50.4 Å². The molecular weight excluding hydrogens is 556 g/mol. The molecule has 0 saturated heterocycles. The van der Waals surface area contributed by atoms with E-state index in [4.69, 9.17) is 9.47 Å². The molecule has 11 heteroatoms. The van der Waals surface area contributed by atoms with E-state index < -0.39 is 34.0 Å². The quantitative estimate of drug-likeness (QED) is 0.329. The summed E-state index contributed by atoms with van der Waals surface area (Å²) in [6.45, 7) is 5.13. The predicted octanol–water partition coefficient (Wildman–Crippen LogP) is 2.73. The lowest BCUT2D eigenvalue weighted by Gasteiger charge is -2.36. The van der Waals surface area contributed by atoms with Crippen molar-refractivity contribution in [1.29, 1.82) is 5.26 Å². The molecule has 0 saturated carbocycles. The zero-order valence-corrected chi connectivity index (χ0v) is 25.3. The molecule has 0 bridgehead atoms. The Bertz CT molecular complexity index is 1500. The first kappa shape index (κ1) is 31.4. The topological polar surface area (TPSA) is 129 Å². The summed E-state index contributed by atoms with van der Waals surface area (Å²) in [5, 5.41) is 9.38. The Kier molecular flexibility index (Phi) is 10.2. The molecule has 0 spiro atoms. The first-order valence-corrected chi connectivity index (χ1v) is 15.5. The van der Waals surface area contributed by atoms with Gasteiger partial charge in [0.25, 0.3) is 0 Å². The zero-order valence-electron chi connectivity index (χ0n) is 24.5. The van der Waals surface area contributed by atoms with Crippen molar-refractivity contribution >= 4 is 21.9 Å². The van der Waals surface area contributed by atoms with E-state index in [0.29, 0.717) is 24.2 Å². The summed E-state index contributed by atoms with van der Waals surface area (Å²) in [7, 11) is -0.590. The lowest BCUT2D eigenvalue weighted by molar-refractivity contribution is -0.155. The van der Waals surface area contributed by atoms with Gasteiger partial charge in [-0.1, -0.05) is 29.8 Å². The third-order valence-electron chi connectivity index (χ3n) is 7.84. The van der Waals surface area contributed by atoms with Crippen LogP contribution in [-0.4, -0.2) is 82.6 Å². The van der Waals surface area contributed by atoms with Crippen molar-refractivity contribution in [2.24, 2.45) is 0 Å². The molecule has 2 aliphatic heterocycles. The number of nitriles is 1. The number of esters is 1. The molecule has 2 aromatic rings. The van der Waals surface area contributed by atoms with Crippen LogP contribution in [0, 0.1) is 11.3 Å². The van der Waals surface area contributed by atoms with E-state index in [-0.39, 0.29) is 30.5 Å². The number of carbonyl (C=O) groups excluding carboxylic acids is 2. The highest BCUT2D eigenvalue weighted by molar-refractivity contribution is 7.89. The maximum Gasteiger partial charge on any atom is 0.329 e. The smallest absolute Gasteiger partial charge is 0.329 e. The van der Waals surface area contributed by atoms with Crippen molar-refractivity contribution in [3.05, 3.63) is 76.4 Å². The van der Waals surface area contributed by atoms with E-state index >= 15 is 0 Å². The summed E-state index contributed by atoms with van der Waals surface area (Å²) in [6.07, 6.45) is 2.92. The average Bonchev–Trinajstić information content (AvgIpc) is 2.97. The second-order valence-corrected chi connectivity index (χ2v) is 12.5. The molecule has 2 heterocycles. The lowest BCUT2D eigenvalue weighted by Crippen LogP contribution is -2.56. The number of nitrogens with zero attached hydrogens (tertiary/aromatic N) is 3. The fraction of sp³-hybridized carbons (Fsp3) is 0.452. The average molecular weight is 595 g/mol. The van der Waals surface area contributed by atoms with Crippen LogP contribution in [0.15, 0.2) is 59.0 Å². The molecule has 4 rings (SSSR count). The first-order chi connectivity index (χ1) is 20.1. The molecule has 224 valence electrons. The fourth-order valence-electron chi connectivity index (χ4n) is 5.55. The van der Waals surface area contributed by atoms with Gasteiger partial charge in [-0.3, -0.25) is 9.69 Å². The lowest BCUT2D eigenvalue weighted by atomic mass is 9.93. The van der Waals surface area contributed by atoms with Crippen LogP contribution < -0.4 is 4.72 Å². The monoisotopic (exact) mass is 594 g/mol. The molecule has 1 unspecified atom stereocenters. The van der Waals surface area contributed by atoms with Crippen molar-refractivity contribution in [2.45, 2.75) is 56.1 Å². The summed E-state index contributed by atoms with van der Waals surface area (Å²) in [5.74, 6) is -1.08. The molecule has 10 nitrogen and oxygen atoms in total. The first-order valence-electron chi connectivity index (χ1n) is 14.0. The highest BCUT2D eigenvalue weighted by Crippen LogP contribution is 2.31. The van der Waals surface area contributed by atoms with Gasteiger partial charge < -0.3 is 14.4 Å². The SMILES string of the molecule is CCOC(=O)[C@H]1CC(C)=CCN1C(=O)[C@H](Cc1cccc(C#N)c1)NS(=O)(=O)c1ccc2c(c1)C(COC)N(C)CC2. The van der Waals surface area contributed by atoms with Crippen molar-refractivity contribution < 1.29 is 27.5 Å². The van der Waals surface area contributed by atoms with E-state index in [1.807, 2.05) is 26.1 Å². The van der Waals surface area contributed by atoms with Gasteiger partial charge in [0.05, 0.1) is 35.8 Å². The molecule has 0 radical (unpaired) electrons. The van der Waals surface area contributed by atoms with Crippen LogP contribution in [-0.2, 0) is 41.9 Å². The van der Waals surface area contributed by atoms with Gasteiger partial charge in [0, 0.05) is 20.2 Å². The van der Waals surface area contributed by atoms with Gasteiger partial charge in [-0.2, -0.15) is 9.98 Å². The highest BCUT2D eigenvalue weighted by atomic mass is 32.2. The zero-order chi connectivity index (χ0) is 30.4. The minimum absolute atomic E-state index is 0.0116. The van der Waals surface area contributed by atoms with Gasteiger partial charge in [0.15, 0.2) is 0 Å². The number of methoxy groups -OCH3 is 1. The molecule has 1 N–H and O–H groups in total.